The number of ether oxygens (including phenoxy) is 1. The fourth-order valence-electron chi connectivity index (χ4n) is 3.49. The van der Waals surface area contributed by atoms with Crippen molar-refractivity contribution >= 4 is 17.2 Å². The highest BCUT2D eigenvalue weighted by atomic mass is 32.1. The van der Waals surface area contributed by atoms with Gasteiger partial charge in [-0.2, -0.15) is 0 Å². The highest BCUT2D eigenvalue weighted by molar-refractivity contribution is 7.10. The third-order valence-electron chi connectivity index (χ3n) is 4.54. The van der Waals surface area contributed by atoms with Crippen molar-refractivity contribution in [2.75, 3.05) is 13.1 Å². The van der Waals surface area contributed by atoms with Crippen LogP contribution in [-0.4, -0.2) is 46.3 Å². The number of amides is 1. The van der Waals surface area contributed by atoms with Gasteiger partial charge < -0.3 is 14.1 Å². The molecule has 2 aromatic heterocycles. The van der Waals surface area contributed by atoms with E-state index in [0.29, 0.717) is 37.1 Å². The summed E-state index contributed by atoms with van der Waals surface area (Å²) in [4.78, 5) is 15.4. The van der Waals surface area contributed by atoms with E-state index in [1.165, 1.54) is 0 Å². The van der Waals surface area contributed by atoms with E-state index < -0.39 is 0 Å². The largest absolute Gasteiger partial charge is 0.426 e. The number of fused-ring (bicyclic) bond motifs is 1. The molecule has 0 bridgehead atoms. The summed E-state index contributed by atoms with van der Waals surface area (Å²) in [5.74, 6) is 1.85. The number of nitrogens with zero attached hydrogens (tertiary/aromatic N) is 3. The molecular weight excluding hydrogens is 314 g/mol. The van der Waals surface area contributed by atoms with Crippen LogP contribution in [0.1, 0.15) is 23.1 Å². The van der Waals surface area contributed by atoms with Crippen molar-refractivity contribution < 1.29 is 13.9 Å². The predicted octanol–water partition coefficient (Wildman–Crippen LogP) is 1.84. The van der Waals surface area contributed by atoms with Gasteiger partial charge in [0.05, 0.1) is 25.0 Å². The molecule has 2 fully saturated rings. The number of hydrogen-bond acceptors (Lipinski definition) is 6. The average molecular weight is 333 g/mol. The van der Waals surface area contributed by atoms with Crippen molar-refractivity contribution in [2.45, 2.75) is 38.4 Å². The zero-order chi connectivity index (χ0) is 15.8. The Morgan fingerprint density at radius 1 is 1.43 bits per heavy atom. The van der Waals surface area contributed by atoms with Gasteiger partial charge in [0.1, 0.15) is 0 Å². The second kappa shape index (κ2) is 6.05. The maximum atomic E-state index is 12.4. The molecule has 122 valence electrons. The summed E-state index contributed by atoms with van der Waals surface area (Å²) in [6.45, 7) is 3.29. The average Bonchev–Trinajstić information content (AvgIpc) is 3.23. The van der Waals surface area contributed by atoms with Crippen molar-refractivity contribution in [1.29, 1.82) is 0 Å². The SMILES string of the molecule is Cc1nnc(C[C@@H]2C[C@@H]3CN(C(=O)Cc4cccs4)C[C@@H]3O2)o1. The molecule has 0 N–H and O–H groups in total. The summed E-state index contributed by atoms with van der Waals surface area (Å²) in [5, 5.41) is 9.88. The normalized spacial score (nSPS) is 26.7. The molecular formula is C16H19N3O3S. The number of aryl methyl sites for hydroxylation is 1. The first-order chi connectivity index (χ1) is 11.2. The van der Waals surface area contributed by atoms with E-state index in [1.807, 2.05) is 22.4 Å². The Morgan fingerprint density at radius 3 is 3.04 bits per heavy atom. The van der Waals surface area contributed by atoms with E-state index >= 15 is 0 Å². The quantitative estimate of drug-likeness (QED) is 0.854. The summed E-state index contributed by atoms with van der Waals surface area (Å²) >= 11 is 1.63. The van der Waals surface area contributed by atoms with Gasteiger partial charge in [0, 0.05) is 30.8 Å². The van der Waals surface area contributed by atoms with Crippen LogP contribution >= 0.6 is 11.3 Å². The molecule has 7 heteroatoms. The van der Waals surface area contributed by atoms with Gasteiger partial charge in [0.15, 0.2) is 0 Å². The molecule has 2 aliphatic heterocycles. The van der Waals surface area contributed by atoms with Crippen LogP contribution < -0.4 is 0 Å². The molecule has 0 radical (unpaired) electrons. The molecule has 23 heavy (non-hydrogen) atoms. The summed E-state index contributed by atoms with van der Waals surface area (Å²) in [5.41, 5.74) is 0. The highest BCUT2D eigenvalue weighted by Gasteiger charge is 2.43. The van der Waals surface area contributed by atoms with Crippen molar-refractivity contribution in [3.05, 3.63) is 34.2 Å². The standard InChI is InChI=1S/C16H19N3O3S/c1-10-17-18-15(21-10)6-12-5-11-8-19(9-14(11)22-12)16(20)7-13-3-2-4-23-13/h2-4,11-12,14H,5-9H2,1H3/t11-,12+,14+/m1/s1. The van der Waals surface area contributed by atoms with Crippen LogP contribution in [0.4, 0.5) is 0 Å². The molecule has 2 aliphatic rings. The van der Waals surface area contributed by atoms with Crippen LogP contribution in [0.3, 0.4) is 0 Å². The Bertz CT molecular complexity index is 671. The van der Waals surface area contributed by atoms with Crippen LogP contribution in [0.25, 0.3) is 0 Å². The van der Waals surface area contributed by atoms with Gasteiger partial charge in [-0.05, 0) is 17.9 Å². The highest BCUT2D eigenvalue weighted by Crippen LogP contribution is 2.34. The van der Waals surface area contributed by atoms with E-state index in [-0.39, 0.29) is 18.1 Å². The number of rotatable bonds is 4. The van der Waals surface area contributed by atoms with Gasteiger partial charge >= 0.3 is 0 Å². The van der Waals surface area contributed by atoms with Gasteiger partial charge in [-0.1, -0.05) is 6.07 Å². The number of hydrogen-bond donors (Lipinski definition) is 0. The van der Waals surface area contributed by atoms with Crippen molar-refractivity contribution in [3.63, 3.8) is 0 Å². The molecule has 3 atom stereocenters. The minimum atomic E-state index is 0.124. The zero-order valence-corrected chi connectivity index (χ0v) is 13.8. The number of carbonyl (C=O) groups is 1. The first-order valence-electron chi connectivity index (χ1n) is 7.92. The Balaban J connectivity index is 1.30. The number of aromatic nitrogens is 2. The fraction of sp³-hybridized carbons (Fsp3) is 0.562. The zero-order valence-electron chi connectivity index (χ0n) is 13.0. The molecule has 0 saturated carbocycles. The Kier molecular flexibility index (Phi) is 3.90. The minimum Gasteiger partial charge on any atom is -0.426 e. The Labute approximate surface area is 138 Å². The molecule has 4 rings (SSSR count). The Morgan fingerprint density at radius 2 is 2.35 bits per heavy atom. The second-order valence-electron chi connectivity index (χ2n) is 6.27. The molecule has 0 unspecified atom stereocenters. The van der Waals surface area contributed by atoms with E-state index in [1.54, 1.807) is 18.3 Å². The van der Waals surface area contributed by atoms with E-state index in [4.69, 9.17) is 9.15 Å². The molecule has 6 nitrogen and oxygen atoms in total. The van der Waals surface area contributed by atoms with Crippen LogP contribution in [0.15, 0.2) is 21.9 Å². The van der Waals surface area contributed by atoms with Gasteiger partial charge in [-0.15, -0.1) is 21.5 Å². The molecule has 0 aliphatic carbocycles. The first-order valence-corrected chi connectivity index (χ1v) is 8.80. The third kappa shape index (κ3) is 3.16. The van der Waals surface area contributed by atoms with E-state index in [9.17, 15) is 4.79 Å². The number of carbonyl (C=O) groups excluding carboxylic acids is 1. The maximum absolute atomic E-state index is 12.4. The number of likely N-dealkylation sites (tertiary alicyclic amines) is 1. The molecule has 2 aromatic rings. The molecule has 0 aromatic carbocycles. The number of thiophene rings is 1. The summed E-state index contributed by atoms with van der Waals surface area (Å²) in [7, 11) is 0. The Hall–Kier alpha value is -1.73. The molecule has 0 spiro atoms. The third-order valence-corrected chi connectivity index (χ3v) is 5.42. The lowest BCUT2D eigenvalue weighted by atomic mass is 10.0. The first kappa shape index (κ1) is 14.8. The topological polar surface area (TPSA) is 68.5 Å². The van der Waals surface area contributed by atoms with Crippen molar-refractivity contribution in [1.82, 2.24) is 15.1 Å². The second-order valence-corrected chi connectivity index (χ2v) is 7.30. The van der Waals surface area contributed by atoms with Gasteiger partial charge in [0.25, 0.3) is 0 Å². The monoisotopic (exact) mass is 333 g/mol. The lowest BCUT2D eigenvalue weighted by Gasteiger charge is -2.18. The van der Waals surface area contributed by atoms with Crippen molar-refractivity contribution in [2.24, 2.45) is 5.92 Å². The van der Waals surface area contributed by atoms with Crippen LogP contribution in [0.2, 0.25) is 0 Å². The van der Waals surface area contributed by atoms with Crippen LogP contribution in [-0.2, 0) is 22.4 Å². The summed E-state index contributed by atoms with van der Waals surface area (Å²) in [6.07, 6.45) is 2.39. The fourth-order valence-corrected chi connectivity index (χ4v) is 4.18. The summed E-state index contributed by atoms with van der Waals surface area (Å²) < 4.78 is 11.5. The van der Waals surface area contributed by atoms with E-state index in [2.05, 4.69) is 10.2 Å². The van der Waals surface area contributed by atoms with Crippen molar-refractivity contribution in [3.8, 4) is 0 Å². The van der Waals surface area contributed by atoms with Gasteiger partial charge in [0.2, 0.25) is 17.7 Å². The van der Waals surface area contributed by atoms with Gasteiger partial charge in [-0.25, -0.2) is 0 Å². The maximum Gasteiger partial charge on any atom is 0.227 e. The van der Waals surface area contributed by atoms with Crippen LogP contribution in [0, 0.1) is 12.8 Å². The lowest BCUT2D eigenvalue weighted by Crippen LogP contribution is -2.32. The van der Waals surface area contributed by atoms with Gasteiger partial charge in [-0.3, -0.25) is 4.79 Å². The lowest BCUT2D eigenvalue weighted by molar-refractivity contribution is -0.130. The molecule has 2 saturated heterocycles. The minimum absolute atomic E-state index is 0.124. The molecule has 1 amide bonds. The van der Waals surface area contributed by atoms with Crippen LogP contribution in [0.5, 0.6) is 0 Å². The predicted molar refractivity (Wildman–Crippen MR) is 84.1 cm³/mol. The summed E-state index contributed by atoms with van der Waals surface area (Å²) in [6, 6.07) is 4.00. The molecule has 4 heterocycles. The van der Waals surface area contributed by atoms with E-state index in [0.717, 1.165) is 17.8 Å². The smallest absolute Gasteiger partial charge is 0.227 e.